The molecular weight excluding hydrogens is 268 g/mol. The Morgan fingerprint density at radius 3 is 3.00 bits per heavy atom. The Morgan fingerprint density at radius 1 is 1.40 bits per heavy atom. The van der Waals surface area contributed by atoms with Crippen molar-refractivity contribution in [1.29, 1.82) is 0 Å². The molecule has 4 heteroatoms. The summed E-state index contributed by atoms with van der Waals surface area (Å²) in [5.74, 6) is 0.685. The van der Waals surface area contributed by atoms with Crippen LogP contribution in [0.3, 0.4) is 0 Å². The van der Waals surface area contributed by atoms with Crippen molar-refractivity contribution in [3.05, 3.63) is 54.2 Å². The van der Waals surface area contributed by atoms with E-state index >= 15 is 0 Å². The van der Waals surface area contributed by atoms with Gasteiger partial charge in [0.25, 0.3) is 0 Å². The minimum absolute atomic E-state index is 0.00352. The van der Waals surface area contributed by atoms with Gasteiger partial charge in [0.1, 0.15) is 5.37 Å². The summed E-state index contributed by atoms with van der Waals surface area (Å²) in [5, 5.41) is 1.13. The molecule has 1 fully saturated rings. The topological polar surface area (TPSA) is 33.2 Å². The molecule has 1 aromatic heterocycles. The molecule has 3 nitrogen and oxygen atoms in total. The normalized spacial score (nSPS) is 18.8. The molecule has 0 aliphatic carbocycles. The number of rotatable bonds is 3. The molecule has 1 aliphatic rings. The molecule has 1 unspecified atom stereocenters. The third kappa shape index (κ3) is 2.43. The highest BCUT2D eigenvalue weighted by molar-refractivity contribution is 8.00. The largest absolute Gasteiger partial charge is 0.320 e. The van der Waals surface area contributed by atoms with Gasteiger partial charge in [0.2, 0.25) is 5.91 Å². The van der Waals surface area contributed by atoms with Crippen LogP contribution < -0.4 is 0 Å². The lowest BCUT2D eigenvalue weighted by atomic mass is 10.2. The van der Waals surface area contributed by atoms with E-state index in [2.05, 4.69) is 12.6 Å². The van der Waals surface area contributed by atoms with E-state index in [4.69, 9.17) is 4.98 Å². The van der Waals surface area contributed by atoms with Gasteiger partial charge in [-0.1, -0.05) is 36.4 Å². The van der Waals surface area contributed by atoms with E-state index in [1.54, 1.807) is 11.8 Å². The lowest BCUT2D eigenvalue weighted by Crippen LogP contribution is -2.30. The van der Waals surface area contributed by atoms with Gasteiger partial charge in [-0.2, -0.15) is 0 Å². The summed E-state index contributed by atoms with van der Waals surface area (Å²) in [7, 11) is 0. The Balaban J connectivity index is 1.96. The fourth-order valence-electron chi connectivity index (χ4n) is 2.38. The van der Waals surface area contributed by atoms with Crippen LogP contribution in [0, 0.1) is 0 Å². The molecule has 2 aromatic rings. The molecule has 2 heterocycles. The van der Waals surface area contributed by atoms with E-state index in [-0.39, 0.29) is 11.3 Å². The van der Waals surface area contributed by atoms with Crippen LogP contribution in [0.4, 0.5) is 0 Å². The maximum absolute atomic E-state index is 12.0. The SMILES string of the molecule is C=C(C)CN1C(=O)CSC1c1ccc2ccccc2n1. The molecule has 1 aromatic carbocycles. The number of aromatic nitrogens is 1. The number of pyridine rings is 1. The van der Waals surface area contributed by atoms with Gasteiger partial charge in [-0.25, -0.2) is 4.98 Å². The number of hydrogen-bond donors (Lipinski definition) is 0. The van der Waals surface area contributed by atoms with Gasteiger partial charge < -0.3 is 4.90 Å². The molecular formula is C16H16N2OS. The van der Waals surface area contributed by atoms with Crippen molar-refractivity contribution in [1.82, 2.24) is 9.88 Å². The van der Waals surface area contributed by atoms with Crippen molar-refractivity contribution in [3.8, 4) is 0 Å². The van der Waals surface area contributed by atoms with Crippen LogP contribution in [0.5, 0.6) is 0 Å². The second-order valence-electron chi connectivity index (χ2n) is 5.07. The fraction of sp³-hybridized carbons (Fsp3) is 0.250. The number of nitrogens with zero attached hydrogens (tertiary/aromatic N) is 2. The zero-order chi connectivity index (χ0) is 14.1. The predicted molar refractivity (Wildman–Crippen MR) is 83.5 cm³/mol. The van der Waals surface area contributed by atoms with Crippen LogP contribution in [0.15, 0.2) is 48.6 Å². The van der Waals surface area contributed by atoms with Crippen LogP contribution in [0.2, 0.25) is 0 Å². The Morgan fingerprint density at radius 2 is 2.20 bits per heavy atom. The van der Waals surface area contributed by atoms with Crippen LogP contribution >= 0.6 is 11.8 Å². The maximum atomic E-state index is 12.0. The van der Waals surface area contributed by atoms with Gasteiger partial charge in [0, 0.05) is 11.9 Å². The Hall–Kier alpha value is -1.81. The zero-order valence-electron chi connectivity index (χ0n) is 11.4. The number of hydrogen-bond acceptors (Lipinski definition) is 3. The van der Waals surface area contributed by atoms with E-state index < -0.39 is 0 Å². The highest BCUT2D eigenvalue weighted by Crippen LogP contribution is 2.38. The summed E-state index contributed by atoms with van der Waals surface area (Å²) >= 11 is 1.63. The van der Waals surface area contributed by atoms with Crippen molar-refractivity contribution < 1.29 is 4.79 Å². The molecule has 0 spiro atoms. The standard InChI is InChI=1S/C16H16N2OS/c1-11(2)9-18-15(19)10-20-16(18)14-8-7-12-5-3-4-6-13(12)17-14/h3-8,16H,1,9-10H2,2H3. The Kier molecular flexibility index (Phi) is 3.49. The minimum atomic E-state index is 0.00352. The number of carbonyl (C=O) groups is 1. The average molecular weight is 284 g/mol. The van der Waals surface area contributed by atoms with Crippen LogP contribution in [0.25, 0.3) is 10.9 Å². The zero-order valence-corrected chi connectivity index (χ0v) is 12.2. The van der Waals surface area contributed by atoms with E-state index in [1.165, 1.54) is 0 Å². The number of thioether (sulfide) groups is 1. The fourth-order valence-corrected chi connectivity index (χ4v) is 3.52. The van der Waals surface area contributed by atoms with Gasteiger partial charge in [0.15, 0.2) is 0 Å². The molecule has 0 bridgehead atoms. The number of benzene rings is 1. The molecule has 1 amide bonds. The predicted octanol–water partition coefficient (Wildman–Crippen LogP) is 3.38. The van der Waals surface area contributed by atoms with E-state index in [0.717, 1.165) is 22.2 Å². The smallest absolute Gasteiger partial charge is 0.234 e. The van der Waals surface area contributed by atoms with E-state index in [9.17, 15) is 4.79 Å². The molecule has 0 saturated carbocycles. The average Bonchev–Trinajstić information content (AvgIpc) is 2.79. The monoisotopic (exact) mass is 284 g/mol. The summed E-state index contributed by atoms with van der Waals surface area (Å²) in [6.07, 6.45) is 0. The molecule has 0 N–H and O–H groups in total. The van der Waals surface area contributed by atoms with Gasteiger partial charge in [-0.15, -0.1) is 11.8 Å². The van der Waals surface area contributed by atoms with Crippen molar-refractivity contribution in [2.45, 2.75) is 12.3 Å². The maximum Gasteiger partial charge on any atom is 0.234 e. The second kappa shape index (κ2) is 5.29. The first-order valence-electron chi connectivity index (χ1n) is 6.56. The lowest BCUT2D eigenvalue weighted by Gasteiger charge is -2.23. The number of para-hydroxylation sites is 1. The third-order valence-electron chi connectivity index (χ3n) is 3.28. The van der Waals surface area contributed by atoms with Gasteiger partial charge in [-0.05, 0) is 19.1 Å². The third-order valence-corrected chi connectivity index (χ3v) is 4.51. The molecule has 102 valence electrons. The van der Waals surface area contributed by atoms with Crippen LogP contribution in [0.1, 0.15) is 18.0 Å². The highest BCUT2D eigenvalue weighted by Gasteiger charge is 2.33. The van der Waals surface area contributed by atoms with Crippen molar-refractivity contribution in [3.63, 3.8) is 0 Å². The summed E-state index contributed by atoms with van der Waals surface area (Å²) in [4.78, 5) is 18.6. The first kappa shape index (κ1) is 13.2. The van der Waals surface area contributed by atoms with Crippen molar-refractivity contribution in [2.24, 2.45) is 0 Å². The molecule has 3 rings (SSSR count). The minimum Gasteiger partial charge on any atom is -0.320 e. The summed E-state index contributed by atoms with van der Waals surface area (Å²) in [5.41, 5.74) is 2.91. The molecule has 0 radical (unpaired) electrons. The van der Waals surface area contributed by atoms with Gasteiger partial charge in [0.05, 0.1) is 17.0 Å². The number of amides is 1. The summed E-state index contributed by atoms with van der Waals surface area (Å²) < 4.78 is 0. The molecule has 1 aliphatic heterocycles. The van der Waals surface area contributed by atoms with Gasteiger partial charge >= 0.3 is 0 Å². The van der Waals surface area contributed by atoms with E-state index in [1.807, 2.05) is 42.2 Å². The second-order valence-corrected chi connectivity index (χ2v) is 6.14. The Bertz CT molecular complexity index is 683. The summed E-state index contributed by atoms with van der Waals surface area (Å²) in [6.45, 7) is 6.46. The summed E-state index contributed by atoms with van der Waals surface area (Å²) in [6, 6.07) is 12.1. The first-order chi connectivity index (χ1) is 9.65. The molecule has 20 heavy (non-hydrogen) atoms. The van der Waals surface area contributed by atoms with Crippen LogP contribution in [-0.2, 0) is 4.79 Å². The van der Waals surface area contributed by atoms with Crippen molar-refractivity contribution in [2.75, 3.05) is 12.3 Å². The highest BCUT2D eigenvalue weighted by atomic mass is 32.2. The lowest BCUT2D eigenvalue weighted by molar-refractivity contribution is -0.127. The van der Waals surface area contributed by atoms with Crippen LogP contribution in [-0.4, -0.2) is 28.1 Å². The number of fused-ring (bicyclic) bond motifs is 1. The first-order valence-corrected chi connectivity index (χ1v) is 7.61. The van der Waals surface area contributed by atoms with Crippen molar-refractivity contribution >= 4 is 28.6 Å². The van der Waals surface area contributed by atoms with Gasteiger partial charge in [-0.3, -0.25) is 4.79 Å². The molecule has 1 atom stereocenters. The quantitative estimate of drug-likeness (QED) is 0.810. The van der Waals surface area contributed by atoms with E-state index in [0.29, 0.717) is 12.3 Å². The number of carbonyl (C=O) groups excluding carboxylic acids is 1. The Labute approximate surface area is 122 Å². The molecule has 1 saturated heterocycles.